The van der Waals surface area contributed by atoms with Crippen LogP contribution < -0.4 is 4.74 Å². The van der Waals surface area contributed by atoms with Crippen molar-refractivity contribution >= 4 is 6.09 Å². The third kappa shape index (κ3) is 3.18. The van der Waals surface area contributed by atoms with E-state index >= 15 is 0 Å². The van der Waals surface area contributed by atoms with Crippen LogP contribution in [0, 0.1) is 18.6 Å². The molecule has 21 heavy (non-hydrogen) atoms. The summed E-state index contributed by atoms with van der Waals surface area (Å²) in [5, 5.41) is 0. The number of ether oxygens (including phenoxy) is 1. The van der Waals surface area contributed by atoms with Crippen LogP contribution in [-0.4, -0.2) is 25.1 Å². The van der Waals surface area contributed by atoms with Gasteiger partial charge >= 0.3 is 6.09 Å². The average molecular weight is 291 g/mol. The molecule has 0 spiro atoms. The summed E-state index contributed by atoms with van der Waals surface area (Å²) in [5.74, 6) is -1.53. The topological polar surface area (TPSA) is 29.5 Å². The van der Waals surface area contributed by atoms with Gasteiger partial charge in [0.05, 0.1) is 0 Å². The lowest BCUT2D eigenvalue weighted by Crippen LogP contribution is -2.25. The predicted octanol–water partition coefficient (Wildman–Crippen LogP) is 4.00. The number of carbonyl (C=O) groups is 1. The number of benzene rings is 2. The van der Waals surface area contributed by atoms with Crippen LogP contribution >= 0.6 is 0 Å². The van der Waals surface area contributed by atoms with Gasteiger partial charge < -0.3 is 9.64 Å². The number of hydrogen-bond donors (Lipinski definition) is 0. The first-order valence-electron chi connectivity index (χ1n) is 6.34. The lowest BCUT2D eigenvalue weighted by Gasteiger charge is -2.16. The maximum atomic E-state index is 13.4. The Morgan fingerprint density at radius 3 is 2.43 bits per heavy atom. The quantitative estimate of drug-likeness (QED) is 0.837. The van der Waals surface area contributed by atoms with Crippen LogP contribution in [0.1, 0.15) is 5.56 Å². The van der Waals surface area contributed by atoms with E-state index in [1.165, 1.54) is 11.0 Å². The van der Waals surface area contributed by atoms with Gasteiger partial charge in [-0.3, -0.25) is 0 Å². The zero-order valence-electron chi connectivity index (χ0n) is 12.0. The van der Waals surface area contributed by atoms with Crippen molar-refractivity contribution < 1.29 is 18.3 Å². The number of aryl methyl sites for hydroxylation is 1. The predicted molar refractivity (Wildman–Crippen MR) is 76.2 cm³/mol. The minimum Gasteiger partial charge on any atom is -0.409 e. The van der Waals surface area contributed by atoms with Crippen molar-refractivity contribution in [1.29, 1.82) is 0 Å². The second-order valence-electron chi connectivity index (χ2n) is 4.84. The first-order valence-corrected chi connectivity index (χ1v) is 6.34. The zero-order valence-corrected chi connectivity index (χ0v) is 12.0. The maximum Gasteiger partial charge on any atom is 0.414 e. The molecule has 0 aliphatic carbocycles. The first kappa shape index (κ1) is 15.0. The van der Waals surface area contributed by atoms with Crippen molar-refractivity contribution in [3.8, 4) is 16.9 Å². The van der Waals surface area contributed by atoms with Crippen LogP contribution in [0.2, 0.25) is 0 Å². The van der Waals surface area contributed by atoms with E-state index in [1.807, 2.05) is 0 Å². The summed E-state index contributed by atoms with van der Waals surface area (Å²) in [6.07, 6.45) is -0.534. The molecule has 2 rings (SSSR count). The molecule has 0 bridgehead atoms. The molecule has 110 valence electrons. The Hall–Kier alpha value is -2.43. The minimum atomic E-state index is -0.945. The standard InChI is InChI=1S/C16H15F2NO2/c1-10-5-4-6-12(15(10)21-16(20)19(2)3)11-7-8-13(17)14(18)9-11/h4-9H,1-3H3. The monoisotopic (exact) mass is 291 g/mol. The van der Waals surface area contributed by atoms with E-state index in [4.69, 9.17) is 4.74 Å². The summed E-state index contributed by atoms with van der Waals surface area (Å²) in [7, 11) is 3.13. The van der Waals surface area contributed by atoms with Gasteiger partial charge in [-0.05, 0) is 30.2 Å². The summed E-state index contributed by atoms with van der Waals surface area (Å²) in [4.78, 5) is 13.0. The van der Waals surface area contributed by atoms with E-state index in [0.29, 0.717) is 16.9 Å². The zero-order chi connectivity index (χ0) is 15.6. The molecule has 1 amide bonds. The molecule has 0 unspecified atom stereocenters. The van der Waals surface area contributed by atoms with Gasteiger partial charge in [0.2, 0.25) is 0 Å². The normalized spacial score (nSPS) is 10.3. The van der Waals surface area contributed by atoms with Crippen LogP contribution in [-0.2, 0) is 0 Å². The highest BCUT2D eigenvalue weighted by molar-refractivity contribution is 5.78. The third-order valence-corrected chi connectivity index (χ3v) is 3.00. The molecule has 0 heterocycles. The summed E-state index contributed by atoms with van der Waals surface area (Å²) in [6.45, 7) is 1.78. The molecule has 0 aliphatic rings. The van der Waals surface area contributed by atoms with Gasteiger partial charge in [-0.2, -0.15) is 0 Å². The number of amides is 1. The Balaban J connectivity index is 2.50. The Morgan fingerprint density at radius 1 is 1.10 bits per heavy atom. The molecule has 0 N–H and O–H groups in total. The number of nitrogens with zero attached hydrogens (tertiary/aromatic N) is 1. The number of hydrogen-bond acceptors (Lipinski definition) is 2. The third-order valence-electron chi connectivity index (χ3n) is 3.00. The van der Waals surface area contributed by atoms with Crippen molar-refractivity contribution in [3.63, 3.8) is 0 Å². The fourth-order valence-corrected chi connectivity index (χ4v) is 1.86. The largest absolute Gasteiger partial charge is 0.414 e. The molecule has 0 fully saturated rings. The molecule has 0 atom stereocenters. The van der Waals surface area contributed by atoms with Crippen LogP contribution in [0.3, 0.4) is 0 Å². The second-order valence-corrected chi connectivity index (χ2v) is 4.84. The fraction of sp³-hybridized carbons (Fsp3) is 0.188. The lowest BCUT2D eigenvalue weighted by atomic mass is 10.0. The molecule has 2 aromatic carbocycles. The molecule has 0 aliphatic heterocycles. The highest BCUT2D eigenvalue weighted by atomic mass is 19.2. The number of halogens is 2. The fourth-order valence-electron chi connectivity index (χ4n) is 1.86. The Kier molecular flexibility index (Phi) is 4.21. The number of para-hydroxylation sites is 1. The molecule has 0 saturated heterocycles. The molecular weight excluding hydrogens is 276 g/mol. The maximum absolute atomic E-state index is 13.4. The number of rotatable bonds is 2. The van der Waals surface area contributed by atoms with Gasteiger partial charge in [0, 0.05) is 19.7 Å². The van der Waals surface area contributed by atoms with Gasteiger partial charge in [-0.25, -0.2) is 13.6 Å². The molecule has 3 nitrogen and oxygen atoms in total. The van der Waals surface area contributed by atoms with Crippen LogP contribution in [0.5, 0.6) is 5.75 Å². The summed E-state index contributed by atoms with van der Waals surface area (Å²) < 4.78 is 31.8. The minimum absolute atomic E-state index is 0.335. The van der Waals surface area contributed by atoms with Crippen LogP contribution in [0.25, 0.3) is 11.1 Å². The highest BCUT2D eigenvalue weighted by Gasteiger charge is 2.15. The van der Waals surface area contributed by atoms with E-state index in [1.54, 1.807) is 39.2 Å². The van der Waals surface area contributed by atoms with E-state index in [2.05, 4.69) is 0 Å². The van der Waals surface area contributed by atoms with E-state index in [-0.39, 0.29) is 0 Å². The number of carbonyl (C=O) groups excluding carboxylic acids is 1. The Labute approximate surface area is 121 Å². The van der Waals surface area contributed by atoms with Gasteiger partial charge in [0.1, 0.15) is 5.75 Å². The van der Waals surface area contributed by atoms with Crippen molar-refractivity contribution in [1.82, 2.24) is 4.90 Å². The first-order chi connectivity index (χ1) is 9.90. The van der Waals surface area contributed by atoms with Gasteiger partial charge in [-0.1, -0.05) is 24.3 Å². The average Bonchev–Trinajstić information content (AvgIpc) is 2.44. The lowest BCUT2D eigenvalue weighted by molar-refractivity contribution is 0.172. The SMILES string of the molecule is Cc1cccc(-c2ccc(F)c(F)c2)c1OC(=O)N(C)C. The van der Waals surface area contributed by atoms with Crippen molar-refractivity contribution in [2.24, 2.45) is 0 Å². The second kappa shape index (κ2) is 5.91. The molecule has 0 radical (unpaired) electrons. The Bertz CT molecular complexity index is 684. The van der Waals surface area contributed by atoms with E-state index in [9.17, 15) is 13.6 Å². The van der Waals surface area contributed by atoms with Gasteiger partial charge in [0.15, 0.2) is 11.6 Å². The van der Waals surface area contributed by atoms with Crippen LogP contribution in [0.4, 0.5) is 13.6 Å². The van der Waals surface area contributed by atoms with Crippen molar-refractivity contribution in [2.75, 3.05) is 14.1 Å². The van der Waals surface area contributed by atoms with E-state index < -0.39 is 17.7 Å². The smallest absolute Gasteiger partial charge is 0.409 e. The van der Waals surface area contributed by atoms with Crippen LogP contribution in [0.15, 0.2) is 36.4 Å². The summed E-state index contributed by atoms with van der Waals surface area (Å²) in [6, 6.07) is 8.81. The molecule has 5 heteroatoms. The molecule has 2 aromatic rings. The van der Waals surface area contributed by atoms with Crippen molar-refractivity contribution in [2.45, 2.75) is 6.92 Å². The van der Waals surface area contributed by atoms with Gasteiger partial charge in [0.25, 0.3) is 0 Å². The molecular formula is C16H15F2NO2. The van der Waals surface area contributed by atoms with Crippen molar-refractivity contribution in [3.05, 3.63) is 53.6 Å². The molecule has 0 saturated carbocycles. The molecule has 0 aromatic heterocycles. The van der Waals surface area contributed by atoms with Gasteiger partial charge in [-0.15, -0.1) is 0 Å². The summed E-state index contributed by atoms with van der Waals surface area (Å²) >= 11 is 0. The Morgan fingerprint density at radius 2 is 1.81 bits per heavy atom. The van der Waals surface area contributed by atoms with E-state index in [0.717, 1.165) is 17.7 Å². The summed E-state index contributed by atoms with van der Waals surface area (Å²) in [5.41, 5.74) is 1.70. The highest BCUT2D eigenvalue weighted by Crippen LogP contribution is 2.33.